The number of ketones is 1. The number of aliphatic carboxylic acids is 1. The molecule has 1 saturated heterocycles. The number of Topliss-reactive ketones (excluding diaryl/α,β-unsaturated/α-hetero) is 1. The van der Waals surface area contributed by atoms with Crippen molar-refractivity contribution in [1.29, 1.82) is 0 Å². The molecule has 1 aliphatic heterocycles. The topological polar surface area (TPSA) is 163 Å². The number of ether oxygens (including phenoxy) is 2. The van der Waals surface area contributed by atoms with Crippen molar-refractivity contribution in [2.24, 2.45) is 46.3 Å². The molecule has 4 rings (SSSR count). The maximum atomic E-state index is 14.3. The largest absolute Gasteiger partial charge is 0.481 e. The van der Waals surface area contributed by atoms with Gasteiger partial charge in [-0.15, -0.1) is 0 Å². The van der Waals surface area contributed by atoms with Crippen molar-refractivity contribution in [1.82, 2.24) is 20.9 Å². The SMILES string of the molecule is CC[C@H](C)[C@@]1([C@@H](CC(=O)N2CCC[C@H]2[C@H](OC)[C@@H](C)C(=O)NC2C[C@@]2(Cc2ccccc2C)C(=O)O)OC)C[C@@H]1CC(C)C(=O)[C@@H](NC(=O)[C@@H](NC)C(C)C)C(C)C. The Labute approximate surface area is 347 Å². The van der Waals surface area contributed by atoms with E-state index in [1.165, 1.54) is 0 Å². The summed E-state index contributed by atoms with van der Waals surface area (Å²) in [4.78, 5) is 69.5. The number of amides is 3. The standard InChI is InChI=1S/C46H74N4O8/c1-13-30(8)46(24-33(46)21-29(7)40(52)38(26(2)3)49-43(54)39(47-10)27(4)5)36(57-11)22-37(51)50-20-16-19-34(50)41(58-12)31(9)42(53)48-35-25-45(35,44(55)56)23-32-18-15-14-17-28(32)6/h14-15,17-18,26-27,29-31,33-36,38-39,41,47H,13,16,19-25H2,1-12H3,(H,48,53)(H,49,54)(H,55,56)/t29?,30-,31+,33-,34-,35?,36+,38-,39-,41+,45+,46-/m0/s1. The van der Waals surface area contributed by atoms with Crippen molar-refractivity contribution in [3.63, 3.8) is 0 Å². The van der Waals surface area contributed by atoms with Crippen molar-refractivity contribution in [3.8, 4) is 0 Å². The molecule has 0 radical (unpaired) electrons. The number of carbonyl (C=O) groups is 5. The summed E-state index contributed by atoms with van der Waals surface area (Å²) < 4.78 is 12.2. The molecule has 2 saturated carbocycles. The van der Waals surface area contributed by atoms with Crippen LogP contribution in [0.2, 0.25) is 0 Å². The van der Waals surface area contributed by atoms with Gasteiger partial charge in [-0.2, -0.15) is 0 Å². The number of carbonyl (C=O) groups excluding carboxylic acids is 4. The third-order valence-corrected chi connectivity index (χ3v) is 14.4. The van der Waals surface area contributed by atoms with E-state index in [1.54, 1.807) is 28.2 Å². The highest BCUT2D eigenvalue weighted by atomic mass is 16.5. The van der Waals surface area contributed by atoms with Gasteiger partial charge in [0.2, 0.25) is 17.7 Å². The van der Waals surface area contributed by atoms with Crippen LogP contribution >= 0.6 is 0 Å². The van der Waals surface area contributed by atoms with Gasteiger partial charge in [-0.3, -0.25) is 24.0 Å². The number of likely N-dealkylation sites (tertiary alicyclic amines) is 1. The summed E-state index contributed by atoms with van der Waals surface area (Å²) in [6.07, 6.45) is 3.81. The van der Waals surface area contributed by atoms with Gasteiger partial charge in [0.15, 0.2) is 5.78 Å². The van der Waals surface area contributed by atoms with E-state index in [0.717, 1.165) is 30.4 Å². The Bertz CT molecular complexity index is 1620. The molecule has 0 spiro atoms. The van der Waals surface area contributed by atoms with E-state index in [4.69, 9.17) is 9.47 Å². The van der Waals surface area contributed by atoms with Crippen LogP contribution in [0.5, 0.6) is 0 Å². The number of likely N-dealkylation sites (N-methyl/N-ethyl adjacent to an activating group) is 1. The molecule has 3 aliphatic rings. The molecule has 0 bridgehead atoms. The number of nitrogens with zero attached hydrogens (tertiary/aromatic N) is 1. The fourth-order valence-electron chi connectivity index (χ4n) is 10.3. The second-order valence-electron chi connectivity index (χ2n) is 18.6. The van der Waals surface area contributed by atoms with E-state index < -0.39 is 41.5 Å². The molecule has 1 aromatic rings. The number of aryl methyl sites for hydroxylation is 1. The highest BCUT2D eigenvalue weighted by Crippen LogP contribution is 2.64. The molecular formula is C46H74N4O8. The molecule has 4 N–H and O–H groups in total. The summed E-state index contributed by atoms with van der Waals surface area (Å²) in [6, 6.07) is 5.94. The van der Waals surface area contributed by atoms with Crippen molar-refractivity contribution in [3.05, 3.63) is 35.4 Å². The predicted octanol–water partition coefficient (Wildman–Crippen LogP) is 5.58. The minimum Gasteiger partial charge on any atom is -0.481 e. The Morgan fingerprint density at radius 1 is 0.931 bits per heavy atom. The first kappa shape index (κ1) is 47.3. The summed E-state index contributed by atoms with van der Waals surface area (Å²) in [7, 11) is 5.00. The van der Waals surface area contributed by atoms with Crippen LogP contribution < -0.4 is 16.0 Å². The average Bonchev–Trinajstić information content (AvgIpc) is 4.02. The van der Waals surface area contributed by atoms with Crippen molar-refractivity contribution < 1.29 is 38.6 Å². The Kier molecular flexibility index (Phi) is 16.2. The zero-order valence-corrected chi connectivity index (χ0v) is 37.4. The normalized spacial score (nSPS) is 27.6. The molecular weight excluding hydrogens is 737 g/mol. The number of benzene rings is 1. The van der Waals surface area contributed by atoms with E-state index in [1.807, 2.05) is 70.7 Å². The summed E-state index contributed by atoms with van der Waals surface area (Å²) in [5.41, 5.74) is 0.650. The van der Waals surface area contributed by atoms with Gasteiger partial charge in [0.25, 0.3) is 0 Å². The van der Waals surface area contributed by atoms with Crippen LogP contribution in [0.1, 0.15) is 111 Å². The molecule has 12 atom stereocenters. The van der Waals surface area contributed by atoms with Gasteiger partial charge in [0.05, 0.1) is 48.1 Å². The highest BCUT2D eigenvalue weighted by molar-refractivity contribution is 5.92. The first-order valence-corrected chi connectivity index (χ1v) is 21.8. The fraction of sp³-hybridized carbons (Fsp3) is 0.761. The van der Waals surface area contributed by atoms with E-state index in [0.29, 0.717) is 32.2 Å². The van der Waals surface area contributed by atoms with Crippen molar-refractivity contribution in [2.75, 3.05) is 27.8 Å². The lowest BCUT2D eigenvalue weighted by Crippen LogP contribution is -2.54. The van der Waals surface area contributed by atoms with Gasteiger partial charge in [0, 0.05) is 38.1 Å². The minimum absolute atomic E-state index is 0.0299. The second-order valence-corrected chi connectivity index (χ2v) is 18.6. The van der Waals surface area contributed by atoms with Crippen molar-refractivity contribution >= 4 is 29.5 Å². The maximum absolute atomic E-state index is 14.3. The van der Waals surface area contributed by atoms with Crippen LogP contribution in [0.4, 0.5) is 0 Å². The highest BCUT2D eigenvalue weighted by Gasteiger charge is 2.63. The first-order chi connectivity index (χ1) is 27.3. The fourth-order valence-corrected chi connectivity index (χ4v) is 10.3. The number of hydrogen-bond donors (Lipinski definition) is 4. The number of rotatable bonds is 23. The average molecular weight is 811 g/mol. The minimum atomic E-state index is -1.05. The Morgan fingerprint density at radius 3 is 2.14 bits per heavy atom. The lowest BCUT2D eigenvalue weighted by molar-refractivity contribution is -0.145. The molecule has 1 heterocycles. The molecule has 2 unspecified atom stereocenters. The van der Waals surface area contributed by atoms with Crippen LogP contribution in [0.15, 0.2) is 24.3 Å². The third-order valence-electron chi connectivity index (χ3n) is 14.4. The van der Waals surface area contributed by atoms with Gasteiger partial charge in [-0.1, -0.05) is 86.1 Å². The maximum Gasteiger partial charge on any atom is 0.312 e. The smallest absolute Gasteiger partial charge is 0.312 e. The van der Waals surface area contributed by atoms with Gasteiger partial charge >= 0.3 is 5.97 Å². The molecule has 0 aromatic heterocycles. The number of carboxylic acids is 1. The lowest BCUT2D eigenvalue weighted by Gasteiger charge is -2.37. The van der Waals surface area contributed by atoms with Crippen LogP contribution in [0, 0.1) is 53.3 Å². The number of methoxy groups -OCH3 is 2. The van der Waals surface area contributed by atoms with Crippen LogP contribution in [-0.4, -0.2) is 104 Å². The molecule has 12 nitrogen and oxygen atoms in total. The third kappa shape index (κ3) is 9.98. The summed E-state index contributed by atoms with van der Waals surface area (Å²) in [5, 5.41) is 19.4. The summed E-state index contributed by atoms with van der Waals surface area (Å²) in [6.45, 7) is 18.5. The monoisotopic (exact) mass is 811 g/mol. The van der Waals surface area contributed by atoms with Gasteiger partial charge in [0.1, 0.15) is 0 Å². The lowest BCUT2D eigenvalue weighted by atomic mass is 9.77. The molecule has 3 amide bonds. The molecule has 12 heteroatoms. The van der Waals surface area contributed by atoms with E-state index >= 15 is 0 Å². The molecule has 326 valence electrons. The van der Waals surface area contributed by atoms with E-state index in [9.17, 15) is 29.1 Å². The van der Waals surface area contributed by atoms with E-state index in [-0.39, 0.29) is 77.1 Å². The van der Waals surface area contributed by atoms with E-state index in [2.05, 4.69) is 29.8 Å². The molecule has 1 aromatic carbocycles. The van der Waals surface area contributed by atoms with Crippen molar-refractivity contribution in [2.45, 2.75) is 150 Å². The number of carboxylic acid groups (broad SMARTS) is 1. The first-order valence-electron chi connectivity index (χ1n) is 21.8. The Morgan fingerprint density at radius 2 is 1.59 bits per heavy atom. The molecule has 2 aliphatic carbocycles. The number of hydrogen-bond acceptors (Lipinski definition) is 8. The quantitative estimate of drug-likeness (QED) is 0.111. The second kappa shape index (κ2) is 19.8. The Hall–Kier alpha value is -3.35. The van der Waals surface area contributed by atoms with Crippen LogP contribution in [0.3, 0.4) is 0 Å². The zero-order valence-electron chi connectivity index (χ0n) is 37.4. The summed E-state index contributed by atoms with van der Waals surface area (Å²) in [5.74, 6) is -1.86. The van der Waals surface area contributed by atoms with Crippen LogP contribution in [0.25, 0.3) is 0 Å². The van der Waals surface area contributed by atoms with Gasteiger partial charge in [-0.05, 0) is 87.3 Å². The zero-order chi connectivity index (χ0) is 43.3. The molecule has 3 fully saturated rings. The predicted molar refractivity (Wildman–Crippen MR) is 225 cm³/mol. The number of nitrogens with one attached hydrogen (secondary N) is 3. The summed E-state index contributed by atoms with van der Waals surface area (Å²) >= 11 is 0. The van der Waals surface area contributed by atoms with Gasteiger partial charge < -0.3 is 35.4 Å². The van der Waals surface area contributed by atoms with Gasteiger partial charge in [-0.25, -0.2) is 0 Å². The van der Waals surface area contributed by atoms with Crippen LogP contribution in [-0.2, 0) is 39.9 Å². The molecule has 58 heavy (non-hydrogen) atoms. The Balaban J connectivity index is 1.42.